The monoisotopic (exact) mass is 469 g/mol. The van der Waals surface area contributed by atoms with Gasteiger partial charge in [-0.15, -0.1) is 0 Å². The summed E-state index contributed by atoms with van der Waals surface area (Å²) in [6.45, 7) is 3.17. The van der Waals surface area contributed by atoms with Crippen molar-refractivity contribution in [2.75, 3.05) is 13.7 Å². The Labute approximate surface area is 204 Å². The molecule has 0 saturated carbocycles. The summed E-state index contributed by atoms with van der Waals surface area (Å²) in [6.07, 6.45) is 2.41. The fraction of sp³-hybridized carbons (Fsp3) is 0.179. The molecule has 0 aliphatic heterocycles. The number of nitrogens with zero attached hydrogens (tertiary/aromatic N) is 2. The molecule has 1 heterocycles. The molecule has 0 atom stereocenters. The average molecular weight is 470 g/mol. The number of methoxy groups -OCH3 is 1. The number of benzene rings is 3. The van der Waals surface area contributed by atoms with Crippen LogP contribution < -0.4 is 19.5 Å². The summed E-state index contributed by atoms with van der Waals surface area (Å²) < 4.78 is 16.7. The van der Waals surface area contributed by atoms with Gasteiger partial charge in [0, 0.05) is 23.7 Å². The molecule has 1 N–H and O–H groups in total. The molecule has 4 rings (SSSR count). The lowest BCUT2D eigenvalue weighted by atomic mass is 10.1. The minimum atomic E-state index is -0.191. The van der Waals surface area contributed by atoms with Crippen LogP contribution in [0.2, 0.25) is 0 Å². The summed E-state index contributed by atoms with van der Waals surface area (Å²) in [6, 6.07) is 24.0. The van der Waals surface area contributed by atoms with E-state index in [1.54, 1.807) is 37.4 Å². The normalized spacial score (nSPS) is 10.5. The Hall–Kier alpha value is -4.39. The lowest BCUT2D eigenvalue weighted by Crippen LogP contribution is -2.22. The van der Waals surface area contributed by atoms with Gasteiger partial charge in [0.05, 0.1) is 19.4 Å². The molecule has 35 heavy (non-hydrogen) atoms. The van der Waals surface area contributed by atoms with E-state index in [0.29, 0.717) is 30.3 Å². The molecule has 0 saturated heterocycles. The summed E-state index contributed by atoms with van der Waals surface area (Å²) in [5.74, 6) is 2.30. The summed E-state index contributed by atoms with van der Waals surface area (Å²) >= 11 is 0. The Morgan fingerprint density at radius 1 is 0.886 bits per heavy atom. The molecule has 0 unspecified atom stereocenters. The molecule has 7 nitrogen and oxygen atoms in total. The van der Waals surface area contributed by atoms with E-state index in [-0.39, 0.29) is 5.91 Å². The van der Waals surface area contributed by atoms with Crippen LogP contribution in [-0.4, -0.2) is 29.6 Å². The quantitative estimate of drug-likeness (QED) is 0.323. The number of amides is 1. The Morgan fingerprint density at radius 3 is 2.40 bits per heavy atom. The van der Waals surface area contributed by atoms with Crippen molar-refractivity contribution in [2.45, 2.75) is 19.9 Å². The van der Waals surface area contributed by atoms with Crippen molar-refractivity contribution in [1.29, 1.82) is 0 Å². The fourth-order valence-corrected chi connectivity index (χ4v) is 3.34. The van der Waals surface area contributed by atoms with Gasteiger partial charge in [0.25, 0.3) is 5.91 Å². The van der Waals surface area contributed by atoms with Crippen LogP contribution in [0.5, 0.6) is 23.1 Å². The molecule has 0 aliphatic carbocycles. The van der Waals surface area contributed by atoms with Crippen LogP contribution >= 0.6 is 0 Å². The van der Waals surface area contributed by atoms with Gasteiger partial charge < -0.3 is 19.5 Å². The largest absolute Gasteiger partial charge is 0.497 e. The third-order valence-electron chi connectivity index (χ3n) is 5.20. The molecule has 0 spiro atoms. The van der Waals surface area contributed by atoms with E-state index >= 15 is 0 Å². The first-order valence-electron chi connectivity index (χ1n) is 11.4. The number of carbonyl (C=O) groups excluding carboxylic acids is 1. The summed E-state index contributed by atoms with van der Waals surface area (Å²) in [5, 5.41) is 2.94. The molecule has 178 valence electrons. The second-order valence-corrected chi connectivity index (χ2v) is 7.77. The van der Waals surface area contributed by atoms with Crippen LogP contribution in [0.1, 0.15) is 29.3 Å². The van der Waals surface area contributed by atoms with Crippen molar-refractivity contribution >= 4 is 5.91 Å². The molecule has 0 bridgehead atoms. The number of hydrogen-bond donors (Lipinski definition) is 1. The van der Waals surface area contributed by atoms with Crippen LogP contribution in [0.4, 0.5) is 0 Å². The Balaban J connectivity index is 1.38. The van der Waals surface area contributed by atoms with Gasteiger partial charge in [-0.25, -0.2) is 9.97 Å². The number of hydrogen-bond acceptors (Lipinski definition) is 6. The van der Waals surface area contributed by atoms with Gasteiger partial charge >= 0.3 is 0 Å². The van der Waals surface area contributed by atoms with E-state index in [9.17, 15) is 4.79 Å². The van der Waals surface area contributed by atoms with Gasteiger partial charge in [-0.3, -0.25) is 4.79 Å². The van der Waals surface area contributed by atoms with Crippen molar-refractivity contribution < 1.29 is 19.0 Å². The third kappa shape index (κ3) is 6.57. The molecule has 7 heteroatoms. The highest BCUT2D eigenvalue weighted by molar-refractivity contribution is 5.94. The molecule has 0 fully saturated rings. The molecular weight excluding hydrogens is 442 g/mol. The maximum Gasteiger partial charge on any atom is 0.251 e. The van der Waals surface area contributed by atoms with Crippen LogP contribution in [-0.2, 0) is 6.54 Å². The number of aromatic nitrogens is 2. The minimum Gasteiger partial charge on any atom is -0.497 e. The first kappa shape index (κ1) is 23.8. The van der Waals surface area contributed by atoms with Crippen molar-refractivity contribution in [3.63, 3.8) is 0 Å². The fourth-order valence-electron chi connectivity index (χ4n) is 3.34. The number of ether oxygens (including phenoxy) is 3. The smallest absolute Gasteiger partial charge is 0.251 e. The molecule has 0 aliphatic rings. The van der Waals surface area contributed by atoms with E-state index in [1.807, 2.05) is 48.5 Å². The van der Waals surface area contributed by atoms with E-state index in [1.165, 1.54) is 6.33 Å². The van der Waals surface area contributed by atoms with Crippen LogP contribution in [0, 0.1) is 0 Å². The predicted molar refractivity (Wildman–Crippen MR) is 134 cm³/mol. The number of carbonyl (C=O) groups is 1. The lowest BCUT2D eigenvalue weighted by molar-refractivity contribution is 0.0950. The summed E-state index contributed by atoms with van der Waals surface area (Å²) in [4.78, 5) is 21.2. The topological polar surface area (TPSA) is 82.6 Å². The Bertz CT molecular complexity index is 1260. The van der Waals surface area contributed by atoms with Crippen LogP contribution in [0.3, 0.4) is 0 Å². The Morgan fingerprint density at radius 2 is 1.66 bits per heavy atom. The molecule has 1 amide bonds. The van der Waals surface area contributed by atoms with Crippen LogP contribution in [0.15, 0.2) is 85.2 Å². The Kier molecular flexibility index (Phi) is 7.91. The first-order valence-corrected chi connectivity index (χ1v) is 11.4. The van der Waals surface area contributed by atoms with E-state index in [4.69, 9.17) is 14.2 Å². The van der Waals surface area contributed by atoms with Gasteiger partial charge in [-0.1, -0.05) is 25.1 Å². The maximum atomic E-state index is 12.7. The van der Waals surface area contributed by atoms with Gasteiger partial charge in [-0.2, -0.15) is 0 Å². The number of rotatable bonds is 10. The maximum absolute atomic E-state index is 12.7. The van der Waals surface area contributed by atoms with Crippen molar-refractivity contribution in [3.8, 4) is 34.4 Å². The second-order valence-electron chi connectivity index (χ2n) is 7.77. The van der Waals surface area contributed by atoms with E-state index < -0.39 is 0 Å². The molecular formula is C28H27N3O4. The van der Waals surface area contributed by atoms with Crippen molar-refractivity contribution in [2.24, 2.45) is 0 Å². The zero-order valence-corrected chi connectivity index (χ0v) is 19.7. The predicted octanol–water partition coefficient (Wildman–Crippen LogP) is 5.66. The van der Waals surface area contributed by atoms with Gasteiger partial charge in [-0.05, 0) is 66.6 Å². The number of nitrogens with one attached hydrogen (secondary N) is 1. The standard InChI is InChI=1S/C28H27N3O4/c1-3-15-34-24-11-7-20(8-12-24)18-29-28(32)22-5-4-6-25(16-22)35-27-17-26(30-19-31-27)21-9-13-23(33-2)14-10-21/h4-14,16-17,19H,3,15,18H2,1-2H3,(H,29,32). The van der Waals surface area contributed by atoms with E-state index in [2.05, 4.69) is 22.2 Å². The van der Waals surface area contributed by atoms with Gasteiger partial charge in [0.2, 0.25) is 5.88 Å². The van der Waals surface area contributed by atoms with Crippen molar-refractivity contribution in [1.82, 2.24) is 15.3 Å². The molecule has 3 aromatic carbocycles. The zero-order chi connectivity index (χ0) is 24.5. The van der Waals surface area contributed by atoms with E-state index in [0.717, 1.165) is 34.7 Å². The third-order valence-corrected chi connectivity index (χ3v) is 5.20. The zero-order valence-electron chi connectivity index (χ0n) is 19.7. The highest BCUT2D eigenvalue weighted by atomic mass is 16.5. The summed E-state index contributed by atoms with van der Waals surface area (Å²) in [5.41, 5.74) is 3.12. The second kappa shape index (κ2) is 11.7. The minimum absolute atomic E-state index is 0.191. The highest BCUT2D eigenvalue weighted by Gasteiger charge is 2.09. The van der Waals surface area contributed by atoms with Gasteiger partial charge in [0.1, 0.15) is 23.6 Å². The van der Waals surface area contributed by atoms with Crippen LogP contribution in [0.25, 0.3) is 11.3 Å². The SMILES string of the molecule is CCCOc1ccc(CNC(=O)c2cccc(Oc3cc(-c4ccc(OC)cc4)ncn3)c2)cc1. The highest BCUT2D eigenvalue weighted by Crippen LogP contribution is 2.26. The van der Waals surface area contributed by atoms with Gasteiger partial charge in [0.15, 0.2) is 0 Å². The average Bonchev–Trinajstić information content (AvgIpc) is 2.91. The lowest BCUT2D eigenvalue weighted by Gasteiger charge is -2.10. The molecule has 1 aromatic heterocycles. The molecule has 0 radical (unpaired) electrons. The summed E-state index contributed by atoms with van der Waals surface area (Å²) in [7, 11) is 1.63. The van der Waals surface area contributed by atoms with Crippen molar-refractivity contribution in [3.05, 3.63) is 96.3 Å². The molecule has 4 aromatic rings. The first-order chi connectivity index (χ1) is 17.1.